The highest BCUT2D eigenvalue weighted by atomic mass is 16.6. The molecule has 0 N–H and O–H groups in total. The maximum absolute atomic E-state index is 12.3. The van der Waals surface area contributed by atoms with Crippen LogP contribution in [-0.2, 0) is 6.42 Å². The van der Waals surface area contributed by atoms with Crippen LogP contribution < -0.4 is 9.47 Å². The van der Waals surface area contributed by atoms with E-state index in [0.29, 0.717) is 18.6 Å². The lowest BCUT2D eigenvalue weighted by Crippen LogP contribution is -2.10. The van der Waals surface area contributed by atoms with Gasteiger partial charge in [-0.25, -0.2) is 4.79 Å². The first kappa shape index (κ1) is 19.8. The number of ether oxygens (including phenoxy) is 2. The molecule has 29 heavy (non-hydrogen) atoms. The third kappa shape index (κ3) is 5.26. The van der Waals surface area contributed by atoms with Crippen molar-refractivity contribution < 1.29 is 24.0 Å². The number of esters is 1. The number of nitro groups is 1. The molecule has 0 atom stereocenters. The van der Waals surface area contributed by atoms with E-state index in [9.17, 15) is 19.7 Å². The minimum Gasteiger partial charge on any atom is -0.493 e. The van der Waals surface area contributed by atoms with Crippen LogP contribution in [-0.4, -0.2) is 23.8 Å². The maximum Gasteiger partial charge on any atom is 0.343 e. The van der Waals surface area contributed by atoms with Crippen LogP contribution in [0.4, 0.5) is 5.69 Å². The summed E-state index contributed by atoms with van der Waals surface area (Å²) in [5.41, 5.74) is 1.09. The molecule has 0 saturated heterocycles. The summed E-state index contributed by atoms with van der Waals surface area (Å²) in [5.74, 6) is -0.113. The molecule has 0 amide bonds. The number of nitrogens with zero attached hydrogens (tertiary/aromatic N) is 1. The van der Waals surface area contributed by atoms with Crippen LogP contribution >= 0.6 is 0 Å². The Hall–Kier alpha value is -4.00. The van der Waals surface area contributed by atoms with Crippen molar-refractivity contribution in [3.05, 3.63) is 99.6 Å². The van der Waals surface area contributed by atoms with Gasteiger partial charge in [-0.1, -0.05) is 30.3 Å². The summed E-state index contributed by atoms with van der Waals surface area (Å²) in [4.78, 5) is 33.6. The van der Waals surface area contributed by atoms with Gasteiger partial charge in [0.1, 0.15) is 11.5 Å². The van der Waals surface area contributed by atoms with Gasteiger partial charge in [0.2, 0.25) is 0 Å². The number of hydrogen-bond donors (Lipinski definition) is 0. The lowest BCUT2D eigenvalue weighted by atomic mass is 10.2. The summed E-state index contributed by atoms with van der Waals surface area (Å²) in [6, 6.07) is 19.8. The molecular formula is C22H17NO6. The van der Waals surface area contributed by atoms with E-state index in [1.807, 2.05) is 30.3 Å². The average molecular weight is 391 g/mol. The molecule has 3 aromatic carbocycles. The van der Waals surface area contributed by atoms with Crippen LogP contribution in [0.2, 0.25) is 0 Å². The van der Waals surface area contributed by atoms with E-state index in [1.54, 1.807) is 24.3 Å². The van der Waals surface area contributed by atoms with Gasteiger partial charge < -0.3 is 9.47 Å². The van der Waals surface area contributed by atoms with Gasteiger partial charge >= 0.3 is 5.97 Å². The van der Waals surface area contributed by atoms with Crippen LogP contribution in [0.5, 0.6) is 11.5 Å². The molecule has 0 radical (unpaired) electrons. The van der Waals surface area contributed by atoms with Crippen molar-refractivity contribution in [3.8, 4) is 11.5 Å². The van der Waals surface area contributed by atoms with Crippen LogP contribution in [0.1, 0.15) is 26.3 Å². The zero-order valence-corrected chi connectivity index (χ0v) is 15.3. The molecule has 0 aromatic heterocycles. The molecular weight excluding hydrogens is 374 g/mol. The molecule has 0 unspecified atom stereocenters. The number of benzene rings is 3. The Morgan fingerprint density at radius 2 is 1.72 bits per heavy atom. The third-order valence-corrected chi connectivity index (χ3v) is 4.13. The summed E-state index contributed by atoms with van der Waals surface area (Å²) in [6.45, 7) is 0.499. The monoisotopic (exact) mass is 391 g/mol. The van der Waals surface area contributed by atoms with E-state index in [0.717, 1.165) is 12.5 Å². The number of aldehydes is 1. The summed E-state index contributed by atoms with van der Waals surface area (Å²) in [6.07, 6.45) is 1.17. The van der Waals surface area contributed by atoms with Gasteiger partial charge in [-0.3, -0.25) is 14.9 Å². The lowest BCUT2D eigenvalue weighted by Gasteiger charge is -2.08. The van der Waals surface area contributed by atoms with Crippen LogP contribution in [0.3, 0.4) is 0 Å². The van der Waals surface area contributed by atoms with E-state index in [2.05, 4.69) is 0 Å². The second kappa shape index (κ2) is 9.27. The van der Waals surface area contributed by atoms with E-state index < -0.39 is 10.9 Å². The summed E-state index contributed by atoms with van der Waals surface area (Å²) < 4.78 is 10.9. The minimum absolute atomic E-state index is 0.0428. The van der Waals surface area contributed by atoms with Gasteiger partial charge in [0, 0.05) is 18.6 Å². The number of carbonyl (C=O) groups excluding carboxylic acids is 2. The van der Waals surface area contributed by atoms with Crippen molar-refractivity contribution in [2.45, 2.75) is 6.42 Å². The molecule has 0 aliphatic heterocycles. The molecule has 7 heteroatoms. The number of hydrogen-bond acceptors (Lipinski definition) is 6. The molecule has 146 valence electrons. The van der Waals surface area contributed by atoms with Crippen molar-refractivity contribution in [2.24, 2.45) is 0 Å². The van der Waals surface area contributed by atoms with Crippen LogP contribution in [0.15, 0.2) is 72.8 Å². The molecule has 0 spiro atoms. The fraction of sp³-hybridized carbons (Fsp3) is 0.0909. The molecule has 0 bridgehead atoms. The van der Waals surface area contributed by atoms with E-state index in [-0.39, 0.29) is 22.6 Å². The Morgan fingerprint density at radius 3 is 2.38 bits per heavy atom. The summed E-state index contributed by atoms with van der Waals surface area (Å²) >= 11 is 0. The predicted octanol–water partition coefficient (Wildman–Crippen LogP) is 4.25. The Balaban J connectivity index is 1.60. The SMILES string of the molecule is O=Cc1cc([N+](=O)[O-])ccc1OC(=O)c1ccc(OCCc2ccccc2)cc1. The van der Waals surface area contributed by atoms with Crippen molar-refractivity contribution in [1.29, 1.82) is 0 Å². The standard InChI is InChI=1S/C22H17NO6/c24-15-18-14-19(23(26)27)8-11-21(18)29-22(25)17-6-9-20(10-7-17)28-13-12-16-4-2-1-3-5-16/h1-11,14-15H,12-13H2. The normalized spacial score (nSPS) is 10.2. The number of nitro benzene ring substituents is 1. The second-order valence-electron chi connectivity index (χ2n) is 6.10. The highest BCUT2D eigenvalue weighted by Crippen LogP contribution is 2.24. The highest BCUT2D eigenvalue weighted by Gasteiger charge is 2.15. The predicted molar refractivity (Wildman–Crippen MR) is 106 cm³/mol. The van der Waals surface area contributed by atoms with Gasteiger partial charge in [0.15, 0.2) is 6.29 Å². The summed E-state index contributed by atoms with van der Waals surface area (Å²) in [5, 5.41) is 10.8. The van der Waals surface area contributed by atoms with Crippen LogP contribution in [0, 0.1) is 10.1 Å². The van der Waals surface area contributed by atoms with E-state index >= 15 is 0 Å². The van der Waals surface area contributed by atoms with Crippen LogP contribution in [0.25, 0.3) is 0 Å². The van der Waals surface area contributed by atoms with Gasteiger partial charge in [0.05, 0.1) is 22.7 Å². The molecule has 0 fully saturated rings. The number of carbonyl (C=O) groups is 2. The Bertz CT molecular complexity index is 1020. The quantitative estimate of drug-likeness (QED) is 0.187. The van der Waals surface area contributed by atoms with Gasteiger partial charge in [-0.2, -0.15) is 0 Å². The Labute approximate surface area is 166 Å². The van der Waals surface area contributed by atoms with Crippen molar-refractivity contribution in [2.75, 3.05) is 6.61 Å². The minimum atomic E-state index is -0.683. The van der Waals surface area contributed by atoms with Gasteiger partial charge in [-0.15, -0.1) is 0 Å². The molecule has 3 aromatic rings. The zero-order chi connectivity index (χ0) is 20.6. The van der Waals surface area contributed by atoms with Gasteiger partial charge in [0.25, 0.3) is 5.69 Å². The van der Waals surface area contributed by atoms with Crippen molar-refractivity contribution >= 4 is 17.9 Å². The molecule has 0 aliphatic carbocycles. The molecule has 3 rings (SSSR count). The first-order valence-corrected chi connectivity index (χ1v) is 8.79. The van der Waals surface area contributed by atoms with Gasteiger partial charge in [-0.05, 0) is 35.9 Å². The molecule has 0 aliphatic rings. The fourth-order valence-corrected chi connectivity index (χ4v) is 2.61. The first-order chi connectivity index (χ1) is 14.1. The lowest BCUT2D eigenvalue weighted by molar-refractivity contribution is -0.384. The van der Waals surface area contributed by atoms with Crippen molar-refractivity contribution in [1.82, 2.24) is 0 Å². The fourth-order valence-electron chi connectivity index (χ4n) is 2.61. The van der Waals surface area contributed by atoms with E-state index in [4.69, 9.17) is 9.47 Å². The third-order valence-electron chi connectivity index (χ3n) is 4.13. The first-order valence-electron chi connectivity index (χ1n) is 8.79. The number of non-ortho nitro benzene ring substituents is 1. The topological polar surface area (TPSA) is 95.7 Å². The largest absolute Gasteiger partial charge is 0.493 e. The molecule has 0 saturated carbocycles. The second-order valence-corrected chi connectivity index (χ2v) is 6.10. The Morgan fingerprint density at radius 1 is 1.00 bits per heavy atom. The molecule has 7 nitrogen and oxygen atoms in total. The number of rotatable bonds is 8. The average Bonchev–Trinajstić information content (AvgIpc) is 2.75. The maximum atomic E-state index is 12.3. The van der Waals surface area contributed by atoms with E-state index in [1.165, 1.54) is 17.7 Å². The Kier molecular flexibility index (Phi) is 6.32. The zero-order valence-electron chi connectivity index (χ0n) is 15.3. The smallest absolute Gasteiger partial charge is 0.343 e. The highest BCUT2D eigenvalue weighted by molar-refractivity contribution is 5.92. The molecule has 0 heterocycles. The van der Waals surface area contributed by atoms with Crippen molar-refractivity contribution in [3.63, 3.8) is 0 Å². The summed E-state index contributed by atoms with van der Waals surface area (Å²) in [7, 11) is 0.